The second-order valence-electron chi connectivity index (χ2n) is 6.92. The lowest BCUT2D eigenvalue weighted by molar-refractivity contribution is 0.0243. The topological polar surface area (TPSA) is 82.7 Å². The van der Waals surface area contributed by atoms with Crippen molar-refractivity contribution in [2.45, 2.75) is 37.8 Å². The minimum atomic E-state index is 0.207. The van der Waals surface area contributed by atoms with Gasteiger partial charge in [-0.25, -0.2) is 4.98 Å². The molecule has 0 aromatic carbocycles. The van der Waals surface area contributed by atoms with Gasteiger partial charge in [0.05, 0.1) is 12.6 Å². The summed E-state index contributed by atoms with van der Waals surface area (Å²) in [6.45, 7) is 3.77. The molecule has 0 unspecified atom stereocenters. The average molecular weight is 374 g/mol. The number of hydrogen-bond acceptors (Lipinski definition) is 8. The molecule has 27 heavy (non-hydrogen) atoms. The van der Waals surface area contributed by atoms with Crippen LogP contribution in [0.2, 0.25) is 0 Å². The quantitative estimate of drug-likeness (QED) is 0.684. The van der Waals surface area contributed by atoms with Crippen LogP contribution in [-0.4, -0.2) is 66.1 Å². The second-order valence-corrected chi connectivity index (χ2v) is 6.92. The van der Waals surface area contributed by atoms with Crippen molar-refractivity contribution in [3.8, 4) is 17.3 Å². The molecule has 4 rings (SSSR count). The highest BCUT2D eigenvalue weighted by molar-refractivity contribution is 5.53. The minimum Gasteiger partial charge on any atom is -0.475 e. The normalized spacial score (nSPS) is 21.6. The van der Waals surface area contributed by atoms with Crippen molar-refractivity contribution in [1.82, 2.24) is 20.0 Å². The van der Waals surface area contributed by atoms with E-state index in [2.05, 4.69) is 20.0 Å². The summed E-state index contributed by atoms with van der Waals surface area (Å²) in [4.78, 5) is 11.5. The Morgan fingerprint density at radius 2 is 2.07 bits per heavy atom. The fourth-order valence-electron chi connectivity index (χ4n) is 3.82. The molecule has 2 saturated heterocycles. The smallest absolute Gasteiger partial charge is 0.244 e. The van der Waals surface area contributed by atoms with Crippen LogP contribution in [-0.2, 0) is 9.47 Å². The Balaban J connectivity index is 1.43. The van der Waals surface area contributed by atoms with Crippen molar-refractivity contribution in [3.63, 3.8) is 0 Å². The molecule has 2 aromatic heterocycles. The van der Waals surface area contributed by atoms with E-state index in [4.69, 9.17) is 18.7 Å². The molecular weight excluding hydrogens is 348 g/mol. The van der Waals surface area contributed by atoms with E-state index < -0.39 is 0 Å². The summed E-state index contributed by atoms with van der Waals surface area (Å²) in [6.07, 6.45) is 6.08. The van der Waals surface area contributed by atoms with Gasteiger partial charge in [-0.2, -0.15) is 4.98 Å². The molecular formula is C19H26N4O4. The molecule has 0 bridgehead atoms. The SMILES string of the molecule is COCCOc1ccc(-c2noc([C@@H]3CCCN3C3CCOCC3)n2)cn1. The number of aromatic nitrogens is 3. The average Bonchev–Trinajstić information content (AvgIpc) is 3.39. The molecule has 0 aliphatic carbocycles. The van der Waals surface area contributed by atoms with Crippen molar-refractivity contribution in [3.05, 3.63) is 24.2 Å². The number of hydrogen-bond donors (Lipinski definition) is 0. The summed E-state index contributed by atoms with van der Waals surface area (Å²) in [7, 11) is 1.64. The van der Waals surface area contributed by atoms with Gasteiger partial charge in [0.15, 0.2) is 0 Å². The lowest BCUT2D eigenvalue weighted by atomic mass is 10.1. The first-order valence-electron chi connectivity index (χ1n) is 9.60. The van der Waals surface area contributed by atoms with E-state index in [0.717, 1.165) is 51.0 Å². The molecule has 0 N–H and O–H groups in total. The monoisotopic (exact) mass is 374 g/mol. The van der Waals surface area contributed by atoms with Crippen LogP contribution in [0.25, 0.3) is 11.4 Å². The van der Waals surface area contributed by atoms with Gasteiger partial charge in [-0.15, -0.1) is 0 Å². The summed E-state index contributed by atoms with van der Waals surface area (Å²) in [5, 5.41) is 4.18. The lowest BCUT2D eigenvalue weighted by Crippen LogP contribution is -2.39. The molecule has 8 nitrogen and oxygen atoms in total. The van der Waals surface area contributed by atoms with Gasteiger partial charge in [0.1, 0.15) is 6.61 Å². The van der Waals surface area contributed by atoms with Crippen LogP contribution >= 0.6 is 0 Å². The molecule has 0 spiro atoms. The summed E-state index contributed by atoms with van der Waals surface area (Å²) in [5.74, 6) is 1.83. The highest BCUT2D eigenvalue weighted by Crippen LogP contribution is 2.35. The lowest BCUT2D eigenvalue weighted by Gasteiger charge is -2.33. The molecule has 2 fully saturated rings. The molecule has 8 heteroatoms. The van der Waals surface area contributed by atoms with E-state index in [0.29, 0.717) is 36.9 Å². The van der Waals surface area contributed by atoms with E-state index in [9.17, 15) is 0 Å². The first-order chi connectivity index (χ1) is 13.3. The summed E-state index contributed by atoms with van der Waals surface area (Å²) < 4.78 is 21.6. The van der Waals surface area contributed by atoms with Gasteiger partial charge in [0.25, 0.3) is 0 Å². The Kier molecular flexibility index (Phi) is 5.96. The zero-order valence-electron chi connectivity index (χ0n) is 15.7. The van der Waals surface area contributed by atoms with E-state index in [1.165, 1.54) is 0 Å². The standard InChI is InChI=1S/C19H26N4O4/c1-24-11-12-26-17-5-4-14(13-20-17)18-21-19(27-22-18)16-3-2-8-23(16)15-6-9-25-10-7-15/h4-5,13,15-16H,2-3,6-12H2,1H3/t16-/m0/s1. The maximum absolute atomic E-state index is 5.62. The Morgan fingerprint density at radius 1 is 1.19 bits per heavy atom. The minimum absolute atomic E-state index is 0.207. The number of likely N-dealkylation sites (tertiary alicyclic amines) is 1. The maximum atomic E-state index is 5.62. The molecule has 0 saturated carbocycles. The summed E-state index contributed by atoms with van der Waals surface area (Å²) in [5.41, 5.74) is 0.819. The van der Waals surface area contributed by atoms with Gasteiger partial charge in [-0.3, -0.25) is 4.90 Å². The Hall–Kier alpha value is -2.03. The predicted molar refractivity (Wildman–Crippen MR) is 97.4 cm³/mol. The fraction of sp³-hybridized carbons (Fsp3) is 0.632. The van der Waals surface area contributed by atoms with Crippen LogP contribution in [0.3, 0.4) is 0 Å². The Morgan fingerprint density at radius 3 is 2.85 bits per heavy atom. The van der Waals surface area contributed by atoms with E-state index in [1.54, 1.807) is 13.3 Å². The van der Waals surface area contributed by atoms with Crippen molar-refractivity contribution in [2.75, 3.05) is 40.1 Å². The zero-order chi connectivity index (χ0) is 18.5. The molecule has 1 atom stereocenters. The summed E-state index contributed by atoms with van der Waals surface area (Å²) >= 11 is 0. The van der Waals surface area contributed by atoms with E-state index in [-0.39, 0.29) is 6.04 Å². The van der Waals surface area contributed by atoms with Gasteiger partial charge in [0.2, 0.25) is 17.6 Å². The van der Waals surface area contributed by atoms with Crippen LogP contribution in [0.15, 0.2) is 22.9 Å². The third-order valence-electron chi connectivity index (χ3n) is 5.21. The Labute approximate surface area is 158 Å². The second kappa shape index (κ2) is 8.77. The number of nitrogens with zero attached hydrogens (tertiary/aromatic N) is 4. The number of methoxy groups -OCH3 is 1. The van der Waals surface area contributed by atoms with Crippen LogP contribution in [0, 0.1) is 0 Å². The molecule has 2 aliphatic heterocycles. The highest BCUT2D eigenvalue weighted by Gasteiger charge is 2.36. The number of ether oxygens (including phenoxy) is 3. The maximum Gasteiger partial charge on any atom is 0.244 e. The number of pyridine rings is 1. The fourth-order valence-corrected chi connectivity index (χ4v) is 3.82. The van der Waals surface area contributed by atoms with Crippen LogP contribution in [0.5, 0.6) is 5.88 Å². The van der Waals surface area contributed by atoms with E-state index >= 15 is 0 Å². The molecule has 4 heterocycles. The zero-order valence-corrected chi connectivity index (χ0v) is 15.7. The van der Waals surface area contributed by atoms with Gasteiger partial charge in [-0.1, -0.05) is 5.16 Å². The van der Waals surface area contributed by atoms with Crippen molar-refractivity contribution < 1.29 is 18.7 Å². The van der Waals surface area contributed by atoms with E-state index in [1.807, 2.05) is 12.1 Å². The van der Waals surface area contributed by atoms with Crippen LogP contribution in [0.1, 0.15) is 37.6 Å². The van der Waals surface area contributed by atoms with Crippen molar-refractivity contribution in [2.24, 2.45) is 0 Å². The predicted octanol–water partition coefficient (Wildman–Crippen LogP) is 2.47. The molecule has 2 aromatic rings. The van der Waals surface area contributed by atoms with Gasteiger partial charge < -0.3 is 18.7 Å². The first-order valence-corrected chi connectivity index (χ1v) is 9.60. The highest BCUT2D eigenvalue weighted by atomic mass is 16.5. The van der Waals surface area contributed by atoms with Crippen LogP contribution < -0.4 is 4.74 Å². The Bertz CT molecular complexity index is 715. The summed E-state index contributed by atoms with van der Waals surface area (Å²) in [6, 6.07) is 4.46. The van der Waals surface area contributed by atoms with Crippen molar-refractivity contribution >= 4 is 0 Å². The largest absolute Gasteiger partial charge is 0.475 e. The van der Waals surface area contributed by atoms with Crippen LogP contribution in [0.4, 0.5) is 0 Å². The van der Waals surface area contributed by atoms with Gasteiger partial charge in [-0.05, 0) is 38.3 Å². The first kappa shape index (κ1) is 18.3. The molecule has 2 aliphatic rings. The number of rotatable bonds is 7. The van der Waals surface area contributed by atoms with Gasteiger partial charge >= 0.3 is 0 Å². The third-order valence-corrected chi connectivity index (χ3v) is 5.21. The molecule has 0 amide bonds. The third kappa shape index (κ3) is 4.28. The van der Waals surface area contributed by atoms with Crippen molar-refractivity contribution in [1.29, 1.82) is 0 Å². The van der Waals surface area contributed by atoms with Gasteiger partial charge in [0, 0.05) is 44.2 Å². The molecule has 0 radical (unpaired) electrons. The molecule has 146 valence electrons.